The van der Waals surface area contributed by atoms with Gasteiger partial charge in [0.2, 0.25) is 0 Å². The summed E-state index contributed by atoms with van der Waals surface area (Å²) in [6.45, 7) is 0. The summed E-state index contributed by atoms with van der Waals surface area (Å²) in [6, 6.07) is 0. The topological polar surface area (TPSA) is 0 Å². The van der Waals surface area contributed by atoms with Gasteiger partial charge in [-0.2, -0.15) is 0 Å². The van der Waals surface area contributed by atoms with Gasteiger partial charge in [0.15, 0.2) is 0 Å². The molecule has 0 N–H and O–H groups in total. The Morgan fingerprint density at radius 2 is 0.643 bits per heavy atom. The molecule has 0 fully saturated rings. The van der Waals surface area contributed by atoms with E-state index in [1.165, 1.54) is 25.7 Å². The Morgan fingerprint density at radius 1 is 0.357 bits per heavy atom. The van der Waals surface area contributed by atoms with E-state index < -0.39 is 0 Å². The van der Waals surface area contributed by atoms with Crippen molar-refractivity contribution in [1.29, 1.82) is 0 Å². The van der Waals surface area contributed by atoms with Gasteiger partial charge in [0.05, 0.1) is 0 Å². The highest BCUT2D eigenvalue weighted by Gasteiger charge is 1.80. The minimum absolute atomic E-state index is 1.08. The van der Waals surface area contributed by atoms with Crippen molar-refractivity contribution >= 4 is 0 Å². The fourth-order valence-corrected chi connectivity index (χ4v) is 1.40. The second-order valence-corrected chi connectivity index (χ2v) is 3.51. The van der Waals surface area contributed by atoms with Gasteiger partial charge in [-0.1, -0.05) is 48.6 Å². The fraction of sp³-hybridized carbons (Fsp3) is 0.429. The first-order chi connectivity index (χ1) is 7.00. The van der Waals surface area contributed by atoms with E-state index in [0.29, 0.717) is 0 Å². The van der Waals surface area contributed by atoms with E-state index in [1.807, 2.05) is 0 Å². The monoisotopic (exact) mass is 188 g/mol. The predicted octanol–water partition coefficient (Wildman–Crippen LogP) is 4.57. The van der Waals surface area contributed by atoms with E-state index in [2.05, 4.69) is 48.6 Å². The second-order valence-electron chi connectivity index (χ2n) is 3.51. The lowest BCUT2D eigenvalue weighted by Gasteiger charge is -1.90. The Labute approximate surface area is 87.7 Å². The largest absolute Gasteiger partial charge is 0.0882 e. The molecule has 0 aromatic rings. The first kappa shape index (κ1) is 11.0. The van der Waals surface area contributed by atoms with E-state index >= 15 is 0 Å². The van der Waals surface area contributed by atoms with Gasteiger partial charge in [0.1, 0.15) is 0 Å². The van der Waals surface area contributed by atoms with Crippen molar-refractivity contribution in [2.24, 2.45) is 0 Å². The molecule has 0 atom stereocenters. The van der Waals surface area contributed by atoms with Crippen LogP contribution in [0.4, 0.5) is 0 Å². The van der Waals surface area contributed by atoms with E-state index in [0.717, 1.165) is 12.8 Å². The molecule has 0 nitrogen and oxygen atoms in total. The van der Waals surface area contributed by atoms with Gasteiger partial charge in [-0.25, -0.2) is 0 Å². The minimum atomic E-state index is 1.08. The van der Waals surface area contributed by atoms with Crippen molar-refractivity contribution in [3.63, 3.8) is 0 Å². The van der Waals surface area contributed by atoms with Crippen LogP contribution < -0.4 is 0 Å². The molecule has 1 rings (SSSR count). The van der Waals surface area contributed by atoms with E-state index in [9.17, 15) is 0 Å². The Kier molecular flexibility index (Phi) is 6.74. The van der Waals surface area contributed by atoms with Crippen LogP contribution in [0, 0.1) is 0 Å². The minimum Gasteiger partial charge on any atom is -0.0882 e. The molecule has 0 radical (unpaired) electrons. The van der Waals surface area contributed by atoms with Gasteiger partial charge in [0.25, 0.3) is 0 Å². The zero-order chi connectivity index (χ0) is 9.90. The Morgan fingerprint density at radius 3 is 1.07 bits per heavy atom. The van der Waals surface area contributed by atoms with Crippen molar-refractivity contribution in [2.75, 3.05) is 0 Å². The van der Waals surface area contributed by atoms with Crippen molar-refractivity contribution in [2.45, 2.75) is 38.5 Å². The average molecular weight is 188 g/mol. The Hall–Kier alpha value is -1.04. The summed E-state index contributed by atoms with van der Waals surface area (Å²) in [7, 11) is 0. The number of hydrogen-bond acceptors (Lipinski definition) is 0. The summed E-state index contributed by atoms with van der Waals surface area (Å²) in [5.74, 6) is 0. The second kappa shape index (κ2) is 8.55. The molecule has 0 saturated carbocycles. The van der Waals surface area contributed by atoms with Gasteiger partial charge >= 0.3 is 0 Å². The smallest absolute Gasteiger partial charge is 0.0169 e. The standard InChI is InChI=1S/C14H20/c1-2-4-6-8-10-12-14-13-11-9-7-5-3-1/h1-2,5-8,13-14H,3-4,9-12H2/b2-1+,7-5-,8-6+,14-13+. The molecule has 0 unspecified atom stereocenters. The molecule has 76 valence electrons. The molecular formula is C14H20. The van der Waals surface area contributed by atoms with Crippen LogP contribution in [0.5, 0.6) is 0 Å². The summed E-state index contributed by atoms with van der Waals surface area (Å²) in [5, 5.41) is 0. The van der Waals surface area contributed by atoms with Crippen LogP contribution in [0.3, 0.4) is 0 Å². The third-order valence-electron chi connectivity index (χ3n) is 2.21. The summed E-state index contributed by atoms with van der Waals surface area (Å²) in [4.78, 5) is 0. The van der Waals surface area contributed by atoms with Gasteiger partial charge < -0.3 is 0 Å². The molecule has 0 aromatic heterocycles. The zero-order valence-corrected chi connectivity index (χ0v) is 8.86. The third kappa shape index (κ3) is 6.47. The van der Waals surface area contributed by atoms with Crippen molar-refractivity contribution < 1.29 is 0 Å². The van der Waals surface area contributed by atoms with Gasteiger partial charge in [-0.3, -0.25) is 0 Å². The SMILES string of the molecule is C1=C\CC/C=C/CC/C=C/C/C=C/C/1. The maximum Gasteiger partial charge on any atom is -0.0169 e. The highest BCUT2D eigenvalue weighted by Crippen LogP contribution is 2.01. The lowest BCUT2D eigenvalue weighted by molar-refractivity contribution is 0.997. The van der Waals surface area contributed by atoms with Gasteiger partial charge in [0, 0.05) is 0 Å². The summed E-state index contributed by atoms with van der Waals surface area (Å²) >= 11 is 0. The molecule has 0 aromatic carbocycles. The van der Waals surface area contributed by atoms with Crippen LogP contribution >= 0.6 is 0 Å². The first-order valence-electron chi connectivity index (χ1n) is 5.60. The summed E-state index contributed by atoms with van der Waals surface area (Å²) in [6.07, 6.45) is 25.0. The third-order valence-corrected chi connectivity index (χ3v) is 2.21. The van der Waals surface area contributed by atoms with Crippen LogP contribution in [0.1, 0.15) is 38.5 Å². The fourth-order valence-electron chi connectivity index (χ4n) is 1.40. The lowest BCUT2D eigenvalue weighted by Crippen LogP contribution is -1.70. The van der Waals surface area contributed by atoms with E-state index in [1.54, 1.807) is 0 Å². The van der Waals surface area contributed by atoms with Crippen LogP contribution in [0.15, 0.2) is 48.6 Å². The lowest BCUT2D eigenvalue weighted by atomic mass is 10.2. The van der Waals surface area contributed by atoms with Gasteiger partial charge in [-0.15, -0.1) is 0 Å². The number of rotatable bonds is 0. The summed E-state index contributed by atoms with van der Waals surface area (Å²) in [5.41, 5.74) is 0. The predicted molar refractivity (Wildman–Crippen MR) is 64.3 cm³/mol. The maximum atomic E-state index is 2.29. The molecule has 1 aliphatic carbocycles. The summed E-state index contributed by atoms with van der Waals surface area (Å²) < 4.78 is 0. The molecule has 0 heteroatoms. The molecular weight excluding hydrogens is 168 g/mol. The highest BCUT2D eigenvalue weighted by atomic mass is 13.9. The molecule has 1 aliphatic rings. The molecule has 14 heavy (non-hydrogen) atoms. The van der Waals surface area contributed by atoms with Gasteiger partial charge in [-0.05, 0) is 38.5 Å². The Balaban J connectivity index is 2.34. The maximum absolute atomic E-state index is 2.29. The van der Waals surface area contributed by atoms with Crippen molar-refractivity contribution in [3.05, 3.63) is 48.6 Å². The van der Waals surface area contributed by atoms with Crippen LogP contribution in [-0.2, 0) is 0 Å². The quantitative estimate of drug-likeness (QED) is 0.489. The molecule has 0 saturated heterocycles. The van der Waals surface area contributed by atoms with E-state index in [-0.39, 0.29) is 0 Å². The molecule has 0 aliphatic heterocycles. The van der Waals surface area contributed by atoms with Crippen LogP contribution in [-0.4, -0.2) is 0 Å². The number of allylic oxidation sites excluding steroid dienone is 8. The zero-order valence-electron chi connectivity index (χ0n) is 8.86. The Bertz CT molecular complexity index is 204. The molecule has 0 amide bonds. The molecule has 0 spiro atoms. The van der Waals surface area contributed by atoms with Crippen molar-refractivity contribution in [3.8, 4) is 0 Å². The first-order valence-corrected chi connectivity index (χ1v) is 5.60. The van der Waals surface area contributed by atoms with Crippen LogP contribution in [0.25, 0.3) is 0 Å². The average Bonchev–Trinajstić information content (AvgIpc) is 2.22. The van der Waals surface area contributed by atoms with Crippen molar-refractivity contribution in [1.82, 2.24) is 0 Å². The highest BCUT2D eigenvalue weighted by molar-refractivity contribution is 4.99. The molecule has 0 bridgehead atoms. The number of hydrogen-bond donors (Lipinski definition) is 0. The van der Waals surface area contributed by atoms with E-state index in [4.69, 9.17) is 0 Å². The molecule has 0 heterocycles. The van der Waals surface area contributed by atoms with Crippen LogP contribution in [0.2, 0.25) is 0 Å². The normalized spacial score (nSPS) is 28.6.